The highest BCUT2D eigenvalue weighted by atomic mass is 16.5. The van der Waals surface area contributed by atoms with E-state index in [2.05, 4.69) is 0 Å². The molecule has 4 rings (SSSR count). The Hall–Kier alpha value is -2.54. The van der Waals surface area contributed by atoms with E-state index in [9.17, 15) is 14.7 Å². The molecule has 0 spiro atoms. The van der Waals surface area contributed by atoms with Gasteiger partial charge < -0.3 is 14.7 Å². The molecule has 146 valence electrons. The highest BCUT2D eigenvalue weighted by Crippen LogP contribution is 2.45. The zero-order chi connectivity index (χ0) is 19.7. The van der Waals surface area contributed by atoms with Crippen molar-refractivity contribution in [1.82, 2.24) is 0 Å². The Labute approximate surface area is 164 Å². The number of anilines is 1. The summed E-state index contributed by atoms with van der Waals surface area (Å²) in [5.41, 5.74) is -0.188. The van der Waals surface area contributed by atoms with Crippen molar-refractivity contribution < 1.29 is 24.3 Å². The van der Waals surface area contributed by atoms with Crippen molar-refractivity contribution in [2.45, 2.75) is 12.5 Å². The van der Waals surface area contributed by atoms with Crippen LogP contribution in [0.15, 0.2) is 54.6 Å². The molecular formula is C22H25N2O4+. The van der Waals surface area contributed by atoms with Crippen molar-refractivity contribution in [3.63, 3.8) is 0 Å². The normalized spacial score (nSPS) is 23.5. The van der Waals surface area contributed by atoms with Crippen LogP contribution >= 0.6 is 0 Å². The first-order valence-corrected chi connectivity index (χ1v) is 9.68. The summed E-state index contributed by atoms with van der Waals surface area (Å²) in [6.45, 7) is 5.02. The second-order valence-corrected chi connectivity index (χ2v) is 7.49. The summed E-state index contributed by atoms with van der Waals surface area (Å²) in [5.74, 6) is -1.57. The quantitative estimate of drug-likeness (QED) is 0.745. The summed E-state index contributed by atoms with van der Waals surface area (Å²) < 4.78 is 5.40. The molecule has 2 atom stereocenters. The number of Topliss-reactive ketones (excluding diaryl/α,β-unsaturated/α-hetero) is 1. The van der Waals surface area contributed by atoms with Crippen molar-refractivity contribution in [3.8, 4) is 0 Å². The Morgan fingerprint density at radius 2 is 1.79 bits per heavy atom. The SMILES string of the molecule is C[C@@H](C(=O)c1ccccc1)[C@@]1(O)C(=O)N(C[NH+]2CCOCC2)c2ccccc21. The molecule has 6 nitrogen and oxygen atoms in total. The molecule has 28 heavy (non-hydrogen) atoms. The number of quaternary nitrogens is 1. The van der Waals surface area contributed by atoms with Crippen LogP contribution in [-0.4, -0.2) is 49.8 Å². The van der Waals surface area contributed by atoms with Crippen LogP contribution in [0.3, 0.4) is 0 Å². The van der Waals surface area contributed by atoms with Gasteiger partial charge in [0.15, 0.2) is 18.1 Å². The number of fused-ring (bicyclic) bond motifs is 1. The zero-order valence-electron chi connectivity index (χ0n) is 15.9. The van der Waals surface area contributed by atoms with Crippen LogP contribution in [0.5, 0.6) is 0 Å². The fraction of sp³-hybridized carbons (Fsp3) is 0.364. The number of hydrogen-bond acceptors (Lipinski definition) is 4. The minimum absolute atomic E-state index is 0.244. The van der Waals surface area contributed by atoms with Gasteiger partial charge in [-0.25, -0.2) is 0 Å². The van der Waals surface area contributed by atoms with Gasteiger partial charge in [0, 0.05) is 11.1 Å². The highest BCUT2D eigenvalue weighted by Gasteiger charge is 2.56. The Bertz CT molecular complexity index is 879. The molecule has 2 heterocycles. The molecule has 6 heteroatoms. The Balaban J connectivity index is 1.68. The number of benzene rings is 2. The molecule has 1 fully saturated rings. The fourth-order valence-corrected chi connectivity index (χ4v) is 4.12. The maximum absolute atomic E-state index is 13.4. The van der Waals surface area contributed by atoms with E-state index in [1.54, 1.807) is 48.2 Å². The number of morpholine rings is 1. The zero-order valence-corrected chi connectivity index (χ0v) is 15.9. The van der Waals surface area contributed by atoms with E-state index < -0.39 is 17.4 Å². The topological polar surface area (TPSA) is 71.3 Å². The monoisotopic (exact) mass is 381 g/mol. The molecule has 0 radical (unpaired) electrons. The van der Waals surface area contributed by atoms with Crippen LogP contribution in [0.25, 0.3) is 0 Å². The lowest BCUT2D eigenvalue weighted by Gasteiger charge is -2.31. The molecule has 0 saturated carbocycles. The van der Waals surface area contributed by atoms with E-state index in [-0.39, 0.29) is 5.78 Å². The van der Waals surface area contributed by atoms with Gasteiger partial charge in [-0.05, 0) is 6.07 Å². The molecule has 2 aliphatic heterocycles. The molecule has 0 aromatic heterocycles. The van der Waals surface area contributed by atoms with Crippen LogP contribution < -0.4 is 9.80 Å². The maximum Gasteiger partial charge on any atom is 0.268 e. The van der Waals surface area contributed by atoms with Crippen molar-refractivity contribution in [1.29, 1.82) is 0 Å². The number of nitrogens with zero attached hydrogens (tertiary/aromatic N) is 1. The molecule has 0 bridgehead atoms. The van der Waals surface area contributed by atoms with Gasteiger partial charge >= 0.3 is 0 Å². The number of amides is 1. The first kappa shape index (κ1) is 18.8. The Morgan fingerprint density at radius 1 is 1.14 bits per heavy atom. The van der Waals surface area contributed by atoms with Crippen molar-refractivity contribution in [2.24, 2.45) is 5.92 Å². The number of aliphatic hydroxyl groups is 1. The standard InChI is InChI=1S/C22H24N2O4/c1-16(20(25)17-7-3-2-4-8-17)22(27)18-9-5-6-10-19(18)24(21(22)26)15-23-11-13-28-14-12-23/h2-10,16,27H,11-15H2,1H3/p+1/t16-,22-/m0/s1. The van der Waals surface area contributed by atoms with Crippen LogP contribution in [0, 0.1) is 5.92 Å². The van der Waals surface area contributed by atoms with Gasteiger partial charge in [0.25, 0.3) is 5.91 Å². The van der Waals surface area contributed by atoms with E-state index in [1.807, 2.05) is 18.2 Å². The van der Waals surface area contributed by atoms with Crippen molar-refractivity contribution in [2.75, 3.05) is 37.9 Å². The third kappa shape index (κ3) is 3.03. The number of carbonyl (C=O) groups is 2. The van der Waals surface area contributed by atoms with Crippen LogP contribution in [-0.2, 0) is 15.1 Å². The number of para-hydroxylation sites is 1. The predicted octanol–water partition coefficient (Wildman–Crippen LogP) is 0.612. The van der Waals surface area contributed by atoms with Crippen LogP contribution in [0.4, 0.5) is 5.69 Å². The third-order valence-electron chi connectivity index (χ3n) is 5.84. The van der Waals surface area contributed by atoms with E-state index in [1.165, 1.54) is 4.90 Å². The van der Waals surface area contributed by atoms with Gasteiger partial charge in [0.2, 0.25) is 0 Å². The summed E-state index contributed by atoms with van der Waals surface area (Å²) in [6.07, 6.45) is 0. The molecule has 0 unspecified atom stereocenters. The molecule has 2 aromatic carbocycles. The molecule has 1 amide bonds. The summed E-state index contributed by atoms with van der Waals surface area (Å²) >= 11 is 0. The number of hydrogen-bond donors (Lipinski definition) is 2. The van der Waals surface area contributed by atoms with Crippen molar-refractivity contribution >= 4 is 17.4 Å². The number of ether oxygens (including phenoxy) is 1. The highest BCUT2D eigenvalue weighted by molar-refractivity contribution is 6.11. The van der Waals surface area contributed by atoms with Gasteiger partial charge in [0.1, 0.15) is 13.1 Å². The van der Waals surface area contributed by atoms with E-state index >= 15 is 0 Å². The lowest BCUT2D eigenvalue weighted by molar-refractivity contribution is -0.906. The molecule has 1 saturated heterocycles. The van der Waals surface area contributed by atoms with Crippen molar-refractivity contribution in [3.05, 3.63) is 65.7 Å². The third-order valence-corrected chi connectivity index (χ3v) is 5.84. The fourth-order valence-electron chi connectivity index (χ4n) is 4.12. The summed E-state index contributed by atoms with van der Waals surface area (Å²) in [5, 5.41) is 11.6. The first-order chi connectivity index (χ1) is 13.5. The Morgan fingerprint density at radius 3 is 2.50 bits per heavy atom. The summed E-state index contributed by atoms with van der Waals surface area (Å²) in [7, 11) is 0. The molecule has 2 aromatic rings. The largest absolute Gasteiger partial charge is 0.375 e. The molecule has 0 aliphatic carbocycles. The maximum atomic E-state index is 13.4. The Kier molecular flexibility index (Phi) is 5.02. The van der Waals surface area contributed by atoms with E-state index in [0.29, 0.717) is 36.7 Å². The molecular weight excluding hydrogens is 356 g/mol. The second kappa shape index (κ2) is 7.47. The minimum Gasteiger partial charge on any atom is -0.375 e. The average molecular weight is 381 g/mol. The van der Waals surface area contributed by atoms with Crippen LogP contribution in [0.1, 0.15) is 22.8 Å². The number of carbonyl (C=O) groups excluding carboxylic acids is 2. The van der Waals surface area contributed by atoms with Gasteiger partial charge in [-0.1, -0.05) is 55.5 Å². The van der Waals surface area contributed by atoms with Crippen LogP contribution in [0.2, 0.25) is 0 Å². The predicted molar refractivity (Wildman–Crippen MR) is 104 cm³/mol. The number of ketones is 1. The number of nitrogens with one attached hydrogen (secondary N) is 1. The minimum atomic E-state index is -1.87. The van der Waals surface area contributed by atoms with Gasteiger partial charge in [0.05, 0.1) is 24.8 Å². The lowest BCUT2D eigenvalue weighted by Crippen LogP contribution is -3.15. The molecule has 2 aliphatic rings. The first-order valence-electron chi connectivity index (χ1n) is 9.68. The average Bonchev–Trinajstić information content (AvgIpc) is 2.97. The van der Waals surface area contributed by atoms with E-state index in [4.69, 9.17) is 4.74 Å². The van der Waals surface area contributed by atoms with Gasteiger partial charge in [-0.3, -0.25) is 14.5 Å². The second-order valence-electron chi connectivity index (χ2n) is 7.49. The summed E-state index contributed by atoms with van der Waals surface area (Å²) in [6, 6.07) is 16.0. The molecule has 2 N–H and O–H groups in total. The van der Waals surface area contributed by atoms with Gasteiger partial charge in [-0.2, -0.15) is 0 Å². The lowest BCUT2D eigenvalue weighted by atomic mass is 9.79. The summed E-state index contributed by atoms with van der Waals surface area (Å²) in [4.78, 5) is 29.3. The number of rotatable bonds is 5. The smallest absolute Gasteiger partial charge is 0.268 e. The van der Waals surface area contributed by atoms with Gasteiger partial charge in [-0.15, -0.1) is 0 Å². The van der Waals surface area contributed by atoms with E-state index in [0.717, 1.165) is 13.1 Å².